The summed E-state index contributed by atoms with van der Waals surface area (Å²) in [5.74, 6) is -0.515. The minimum Gasteiger partial charge on any atom is -0.462 e. The first-order valence-corrected chi connectivity index (χ1v) is 24.7. The van der Waals surface area contributed by atoms with Gasteiger partial charge in [-0.05, 0) is 77.0 Å². The highest BCUT2D eigenvalue weighted by Crippen LogP contribution is 2.17. The van der Waals surface area contributed by atoms with Crippen LogP contribution in [-0.4, -0.2) is 46.9 Å². The van der Waals surface area contributed by atoms with E-state index < -0.39 is 18.2 Å². The highest BCUT2D eigenvalue weighted by molar-refractivity contribution is 5.77. The molecule has 0 saturated carbocycles. The number of allylic oxidation sites excluding steroid dienone is 6. The molecular formula is C51H95NO5. The summed E-state index contributed by atoms with van der Waals surface area (Å²) in [4.78, 5) is 26.0. The normalized spacial score (nSPS) is 13.6. The number of carbonyl (C=O) groups excluding carboxylic acids is 2. The zero-order valence-electron chi connectivity index (χ0n) is 38.0. The smallest absolute Gasteiger partial charge is 0.306 e. The van der Waals surface area contributed by atoms with Crippen molar-refractivity contribution in [2.45, 2.75) is 270 Å². The molecule has 0 aromatic carbocycles. The minimum absolute atomic E-state index is 0.0554. The summed E-state index contributed by atoms with van der Waals surface area (Å²) in [7, 11) is 0. The number of nitrogens with one attached hydrogen (secondary N) is 1. The number of carbonyl (C=O) groups is 2. The zero-order chi connectivity index (χ0) is 41.7. The van der Waals surface area contributed by atoms with Gasteiger partial charge in [0, 0.05) is 6.42 Å². The molecule has 0 spiro atoms. The average Bonchev–Trinajstić information content (AvgIpc) is 3.20. The van der Waals surface area contributed by atoms with Gasteiger partial charge in [0.05, 0.1) is 25.2 Å². The molecule has 0 rings (SSSR count). The molecule has 0 saturated heterocycles. The lowest BCUT2D eigenvalue weighted by Gasteiger charge is -2.24. The van der Waals surface area contributed by atoms with Gasteiger partial charge in [-0.25, -0.2) is 0 Å². The number of amides is 1. The molecule has 0 aliphatic carbocycles. The van der Waals surface area contributed by atoms with E-state index in [0.717, 1.165) is 83.5 Å². The number of aliphatic hydroxyl groups excluding tert-OH is 2. The van der Waals surface area contributed by atoms with E-state index in [1.54, 1.807) is 0 Å². The Kier molecular flexibility index (Phi) is 43.6. The number of hydrogen-bond acceptors (Lipinski definition) is 5. The van der Waals surface area contributed by atoms with Crippen molar-refractivity contribution in [3.63, 3.8) is 0 Å². The van der Waals surface area contributed by atoms with Gasteiger partial charge in [0.15, 0.2) is 0 Å². The van der Waals surface area contributed by atoms with E-state index in [0.29, 0.717) is 19.3 Å². The molecule has 0 aliphatic rings. The number of ether oxygens (including phenoxy) is 1. The number of hydrogen-bond donors (Lipinski definition) is 3. The fourth-order valence-electron chi connectivity index (χ4n) is 7.42. The van der Waals surface area contributed by atoms with Crippen molar-refractivity contribution in [3.8, 4) is 0 Å². The Morgan fingerprint density at radius 1 is 0.509 bits per heavy atom. The van der Waals surface area contributed by atoms with E-state index in [1.807, 2.05) is 0 Å². The fourth-order valence-corrected chi connectivity index (χ4v) is 7.42. The minimum atomic E-state index is -0.793. The first-order valence-electron chi connectivity index (χ1n) is 24.7. The lowest BCUT2D eigenvalue weighted by Crippen LogP contribution is -2.46. The second-order valence-electron chi connectivity index (χ2n) is 16.9. The molecule has 334 valence electrons. The van der Waals surface area contributed by atoms with Gasteiger partial charge in [0.1, 0.15) is 6.10 Å². The van der Waals surface area contributed by atoms with E-state index in [-0.39, 0.29) is 24.9 Å². The van der Waals surface area contributed by atoms with Gasteiger partial charge in [0.25, 0.3) is 0 Å². The highest BCUT2D eigenvalue weighted by Gasteiger charge is 2.24. The van der Waals surface area contributed by atoms with Crippen LogP contribution in [0.25, 0.3) is 0 Å². The van der Waals surface area contributed by atoms with Crippen LogP contribution in [0.15, 0.2) is 36.5 Å². The highest BCUT2D eigenvalue weighted by atomic mass is 16.5. The molecular weight excluding hydrogens is 707 g/mol. The van der Waals surface area contributed by atoms with Crippen LogP contribution in [0, 0.1) is 0 Å². The van der Waals surface area contributed by atoms with Crippen LogP contribution in [0.3, 0.4) is 0 Å². The molecule has 3 unspecified atom stereocenters. The largest absolute Gasteiger partial charge is 0.462 e. The maximum Gasteiger partial charge on any atom is 0.306 e. The second-order valence-corrected chi connectivity index (χ2v) is 16.9. The van der Waals surface area contributed by atoms with Gasteiger partial charge >= 0.3 is 5.97 Å². The molecule has 0 aromatic rings. The van der Waals surface area contributed by atoms with Gasteiger partial charge < -0.3 is 20.3 Å². The van der Waals surface area contributed by atoms with Crippen molar-refractivity contribution < 1.29 is 24.5 Å². The van der Waals surface area contributed by atoms with Crippen molar-refractivity contribution in [1.82, 2.24) is 5.32 Å². The van der Waals surface area contributed by atoms with E-state index in [9.17, 15) is 19.8 Å². The molecule has 1 amide bonds. The second kappa shape index (κ2) is 45.2. The monoisotopic (exact) mass is 802 g/mol. The Hall–Kier alpha value is -1.92. The van der Waals surface area contributed by atoms with Crippen molar-refractivity contribution in [2.75, 3.05) is 6.61 Å². The van der Waals surface area contributed by atoms with Crippen LogP contribution in [0.4, 0.5) is 0 Å². The van der Waals surface area contributed by atoms with Crippen molar-refractivity contribution in [1.29, 1.82) is 0 Å². The molecule has 6 nitrogen and oxygen atoms in total. The van der Waals surface area contributed by atoms with Crippen molar-refractivity contribution in [2.24, 2.45) is 0 Å². The number of rotatable bonds is 44. The summed E-state index contributed by atoms with van der Waals surface area (Å²) in [6.07, 6.45) is 52.1. The summed E-state index contributed by atoms with van der Waals surface area (Å²) in [6.45, 7) is 6.44. The number of aliphatic hydroxyl groups is 2. The van der Waals surface area contributed by atoms with Gasteiger partial charge in [-0.1, -0.05) is 198 Å². The van der Waals surface area contributed by atoms with Crippen LogP contribution >= 0.6 is 0 Å². The van der Waals surface area contributed by atoms with Crippen LogP contribution in [-0.2, 0) is 14.3 Å². The standard InChI is InChI=1S/C51H95NO5/c1-4-7-10-13-16-19-21-23-24-25-27-28-31-33-36-39-42-47(57-51(56)44-41-38-35-32-29-26-22-20-17-14-11-8-5-2)45-50(55)52-48(46-53)49(54)43-40-37-34-30-18-15-12-9-6-3/h24-29,47-49,53-54H,4-23,30-46H2,1-3H3,(H,52,55)/b25-24+,28-27+,29-26-. The molecule has 0 bridgehead atoms. The molecule has 0 radical (unpaired) electrons. The number of unbranched alkanes of at least 4 members (excludes halogenated alkanes) is 27. The van der Waals surface area contributed by atoms with Crippen molar-refractivity contribution >= 4 is 11.9 Å². The zero-order valence-corrected chi connectivity index (χ0v) is 38.0. The summed E-state index contributed by atoms with van der Waals surface area (Å²) in [6, 6.07) is -0.709. The maximum absolute atomic E-state index is 13.1. The van der Waals surface area contributed by atoms with Crippen LogP contribution < -0.4 is 5.32 Å². The van der Waals surface area contributed by atoms with Crippen LogP contribution in [0.2, 0.25) is 0 Å². The third-order valence-electron chi connectivity index (χ3n) is 11.2. The van der Waals surface area contributed by atoms with Crippen LogP contribution in [0.5, 0.6) is 0 Å². The number of esters is 1. The van der Waals surface area contributed by atoms with E-state index in [2.05, 4.69) is 62.5 Å². The Morgan fingerprint density at radius 3 is 1.37 bits per heavy atom. The fraction of sp³-hybridized carbons (Fsp3) is 0.843. The Bertz CT molecular complexity index is 946. The Labute approximate surface area is 353 Å². The Balaban J connectivity index is 4.66. The molecule has 3 N–H and O–H groups in total. The lowest BCUT2D eigenvalue weighted by molar-refractivity contribution is -0.151. The molecule has 0 fully saturated rings. The van der Waals surface area contributed by atoms with Gasteiger partial charge in [-0.2, -0.15) is 0 Å². The van der Waals surface area contributed by atoms with E-state index in [4.69, 9.17) is 4.74 Å². The predicted octanol–water partition coefficient (Wildman–Crippen LogP) is 14.5. The van der Waals surface area contributed by atoms with E-state index in [1.165, 1.54) is 122 Å². The summed E-state index contributed by atoms with van der Waals surface area (Å²) >= 11 is 0. The quantitative estimate of drug-likeness (QED) is 0.0247. The van der Waals surface area contributed by atoms with Crippen molar-refractivity contribution in [3.05, 3.63) is 36.5 Å². The first-order chi connectivity index (χ1) is 28.0. The van der Waals surface area contributed by atoms with Crippen LogP contribution in [0.1, 0.15) is 252 Å². The molecule has 0 aromatic heterocycles. The molecule has 6 heteroatoms. The average molecular weight is 802 g/mol. The molecule has 3 atom stereocenters. The van der Waals surface area contributed by atoms with Gasteiger partial charge in [-0.15, -0.1) is 0 Å². The Morgan fingerprint density at radius 2 is 0.895 bits per heavy atom. The maximum atomic E-state index is 13.1. The van der Waals surface area contributed by atoms with Gasteiger partial charge in [-0.3, -0.25) is 9.59 Å². The lowest BCUT2D eigenvalue weighted by atomic mass is 10.0. The molecule has 0 aliphatic heterocycles. The summed E-state index contributed by atoms with van der Waals surface area (Å²) < 4.78 is 5.90. The summed E-state index contributed by atoms with van der Waals surface area (Å²) in [5.41, 5.74) is 0. The van der Waals surface area contributed by atoms with Gasteiger partial charge in [0.2, 0.25) is 5.91 Å². The topological polar surface area (TPSA) is 95.9 Å². The first kappa shape index (κ1) is 55.1. The molecule has 0 heterocycles. The third-order valence-corrected chi connectivity index (χ3v) is 11.2. The predicted molar refractivity (Wildman–Crippen MR) is 246 cm³/mol. The molecule has 57 heavy (non-hydrogen) atoms. The SMILES string of the molecule is CCCCCCCC/C=C\CCCCCC(=O)OC(CCCCC/C=C/C=C/CCCCCCCCC)CC(=O)NC(CO)C(O)CCCCCCCCCCC. The summed E-state index contributed by atoms with van der Waals surface area (Å²) in [5, 5.41) is 23.6. The third kappa shape index (κ3) is 40.6. The van der Waals surface area contributed by atoms with E-state index >= 15 is 0 Å².